The standard InChI is InChI=1S/C17H23NO2/c1-4-20-17(19)16-12-13(2)10-11-18(16)14(3)15-8-6-5-7-9-15/h5-9,12,14,16H,4,10-11H2,1-3H3/t14-,16+/m1/s1. The number of rotatable bonds is 4. The van der Waals surface area contributed by atoms with E-state index in [9.17, 15) is 4.79 Å². The van der Waals surface area contributed by atoms with Crippen LogP contribution in [0.1, 0.15) is 38.8 Å². The van der Waals surface area contributed by atoms with Gasteiger partial charge in [-0.25, -0.2) is 0 Å². The fourth-order valence-electron chi connectivity index (χ4n) is 2.68. The lowest BCUT2D eigenvalue weighted by Gasteiger charge is -2.37. The van der Waals surface area contributed by atoms with Crippen LogP contribution in [-0.2, 0) is 9.53 Å². The summed E-state index contributed by atoms with van der Waals surface area (Å²) in [4.78, 5) is 14.4. The van der Waals surface area contributed by atoms with Crippen LogP contribution >= 0.6 is 0 Å². The van der Waals surface area contributed by atoms with Crippen LogP contribution in [0.2, 0.25) is 0 Å². The van der Waals surface area contributed by atoms with Crippen molar-refractivity contribution < 1.29 is 9.53 Å². The van der Waals surface area contributed by atoms with Gasteiger partial charge in [-0.15, -0.1) is 0 Å². The molecule has 1 aliphatic rings. The summed E-state index contributed by atoms with van der Waals surface area (Å²) in [7, 11) is 0. The fraction of sp³-hybridized carbons (Fsp3) is 0.471. The first-order valence-corrected chi connectivity index (χ1v) is 7.28. The molecule has 0 radical (unpaired) electrons. The summed E-state index contributed by atoms with van der Waals surface area (Å²) in [6.07, 6.45) is 3.05. The van der Waals surface area contributed by atoms with Gasteiger partial charge in [-0.05, 0) is 32.8 Å². The number of carbonyl (C=O) groups excluding carboxylic acids is 1. The topological polar surface area (TPSA) is 29.5 Å². The third-order valence-electron chi connectivity index (χ3n) is 3.87. The molecule has 0 aromatic heterocycles. The van der Waals surface area contributed by atoms with Crippen LogP contribution in [0.15, 0.2) is 42.0 Å². The molecule has 0 saturated heterocycles. The normalized spacial score (nSPS) is 21.1. The molecule has 3 heteroatoms. The predicted octanol–water partition coefficient (Wildman–Crippen LogP) is 3.33. The van der Waals surface area contributed by atoms with Crippen LogP contribution in [-0.4, -0.2) is 30.1 Å². The Bertz CT molecular complexity index is 481. The zero-order valence-electron chi connectivity index (χ0n) is 12.5. The van der Waals surface area contributed by atoms with Crippen molar-refractivity contribution in [2.45, 2.75) is 39.3 Å². The molecular formula is C17H23NO2. The molecule has 0 spiro atoms. The Hall–Kier alpha value is -1.61. The van der Waals surface area contributed by atoms with Crippen molar-refractivity contribution in [2.24, 2.45) is 0 Å². The van der Waals surface area contributed by atoms with E-state index >= 15 is 0 Å². The third kappa shape index (κ3) is 3.28. The summed E-state index contributed by atoms with van der Waals surface area (Å²) in [5.74, 6) is -0.144. The maximum Gasteiger partial charge on any atom is 0.327 e. The summed E-state index contributed by atoms with van der Waals surface area (Å²) in [5, 5.41) is 0. The van der Waals surface area contributed by atoms with Crippen LogP contribution in [0.4, 0.5) is 0 Å². The second-order valence-corrected chi connectivity index (χ2v) is 5.28. The first-order valence-electron chi connectivity index (χ1n) is 7.28. The van der Waals surface area contributed by atoms with Crippen LogP contribution in [0.5, 0.6) is 0 Å². The summed E-state index contributed by atoms with van der Waals surface area (Å²) in [5.41, 5.74) is 2.49. The molecule has 20 heavy (non-hydrogen) atoms. The maximum absolute atomic E-state index is 12.2. The van der Waals surface area contributed by atoms with Crippen molar-refractivity contribution in [3.05, 3.63) is 47.5 Å². The van der Waals surface area contributed by atoms with Crippen molar-refractivity contribution >= 4 is 5.97 Å². The Morgan fingerprint density at radius 1 is 1.40 bits per heavy atom. The summed E-state index contributed by atoms with van der Waals surface area (Å²) in [6.45, 7) is 7.40. The predicted molar refractivity (Wildman–Crippen MR) is 80.4 cm³/mol. The molecule has 1 heterocycles. The van der Waals surface area contributed by atoms with Gasteiger partial charge in [-0.1, -0.05) is 42.0 Å². The molecule has 0 saturated carbocycles. The third-order valence-corrected chi connectivity index (χ3v) is 3.87. The number of esters is 1. The van der Waals surface area contributed by atoms with E-state index in [1.54, 1.807) is 0 Å². The zero-order valence-corrected chi connectivity index (χ0v) is 12.5. The van der Waals surface area contributed by atoms with Gasteiger partial charge in [0.1, 0.15) is 6.04 Å². The van der Waals surface area contributed by atoms with E-state index in [-0.39, 0.29) is 18.1 Å². The highest BCUT2D eigenvalue weighted by Crippen LogP contribution is 2.28. The lowest BCUT2D eigenvalue weighted by Crippen LogP contribution is -2.45. The monoisotopic (exact) mass is 273 g/mol. The molecule has 0 amide bonds. The molecular weight excluding hydrogens is 250 g/mol. The number of hydrogen-bond acceptors (Lipinski definition) is 3. The molecule has 1 aromatic carbocycles. The fourth-order valence-corrected chi connectivity index (χ4v) is 2.68. The highest BCUT2D eigenvalue weighted by atomic mass is 16.5. The first kappa shape index (κ1) is 14.8. The minimum absolute atomic E-state index is 0.144. The molecule has 0 bridgehead atoms. The zero-order chi connectivity index (χ0) is 14.5. The lowest BCUT2D eigenvalue weighted by molar-refractivity contribution is -0.148. The largest absolute Gasteiger partial charge is 0.465 e. The van der Waals surface area contributed by atoms with Gasteiger partial charge < -0.3 is 4.74 Å². The highest BCUT2D eigenvalue weighted by Gasteiger charge is 2.31. The SMILES string of the molecule is CCOC(=O)[C@@H]1C=C(C)CCN1[C@H](C)c1ccccc1. The summed E-state index contributed by atoms with van der Waals surface area (Å²) < 4.78 is 5.22. The van der Waals surface area contributed by atoms with Crippen molar-refractivity contribution in [1.82, 2.24) is 4.90 Å². The van der Waals surface area contributed by atoms with Gasteiger partial charge >= 0.3 is 5.97 Å². The van der Waals surface area contributed by atoms with Gasteiger partial charge in [-0.2, -0.15) is 0 Å². The second kappa shape index (κ2) is 6.71. The van der Waals surface area contributed by atoms with Crippen LogP contribution in [0, 0.1) is 0 Å². The van der Waals surface area contributed by atoms with Crippen molar-refractivity contribution in [2.75, 3.05) is 13.2 Å². The minimum atomic E-state index is -0.265. The molecule has 1 aromatic rings. The molecule has 2 atom stereocenters. The van der Waals surface area contributed by atoms with Gasteiger partial charge in [0.05, 0.1) is 6.61 Å². The average molecular weight is 273 g/mol. The van der Waals surface area contributed by atoms with Gasteiger partial charge in [0, 0.05) is 12.6 Å². The van der Waals surface area contributed by atoms with Gasteiger partial charge in [-0.3, -0.25) is 9.69 Å². The first-order chi connectivity index (χ1) is 9.63. The van der Waals surface area contributed by atoms with Crippen molar-refractivity contribution in [3.8, 4) is 0 Å². The molecule has 2 rings (SSSR count). The van der Waals surface area contributed by atoms with E-state index in [2.05, 4.69) is 30.9 Å². The Balaban J connectivity index is 2.22. The van der Waals surface area contributed by atoms with E-state index in [0.717, 1.165) is 13.0 Å². The number of benzene rings is 1. The van der Waals surface area contributed by atoms with Gasteiger partial charge in [0.15, 0.2) is 0 Å². The van der Waals surface area contributed by atoms with Gasteiger partial charge in [0.25, 0.3) is 0 Å². The molecule has 0 fully saturated rings. The number of hydrogen-bond donors (Lipinski definition) is 0. The minimum Gasteiger partial charge on any atom is -0.465 e. The molecule has 0 aliphatic carbocycles. The Morgan fingerprint density at radius 3 is 2.75 bits per heavy atom. The quantitative estimate of drug-likeness (QED) is 0.622. The van der Waals surface area contributed by atoms with Crippen LogP contribution in [0.3, 0.4) is 0 Å². The summed E-state index contributed by atoms with van der Waals surface area (Å²) in [6, 6.07) is 10.2. The van der Waals surface area contributed by atoms with Crippen LogP contribution in [0.25, 0.3) is 0 Å². The van der Waals surface area contributed by atoms with Crippen molar-refractivity contribution in [3.63, 3.8) is 0 Å². The smallest absolute Gasteiger partial charge is 0.327 e. The Kier molecular flexibility index (Phi) is 4.96. The van der Waals surface area contributed by atoms with Crippen LogP contribution < -0.4 is 0 Å². The molecule has 0 N–H and O–H groups in total. The van der Waals surface area contributed by atoms with E-state index in [1.165, 1.54) is 11.1 Å². The molecule has 0 unspecified atom stereocenters. The summed E-state index contributed by atoms with van der Waals surface area (Å²) >= 11 is 0. The van der Waals surface area contributed by atoms with Crippen molar-refractivity contribution in [1.29, 1.82) is 0 Å². The van der Waals surface area contributed by atoms with E-state index in [1.807, 2.05) is 31.2 Å². The number of ether oxygens (including phenoxy) is 1. The maximum atomic E-state index is 12.2. The van der Waals surface area contributed by atoms with E-state index < -0.39 is 0 Å². The molecule has 108 valence electrons. The Labute approximate surface area is 121 Å². The van der Waals surface area contributed by atoms with E-state index in [4.69, 9.17) is 4.74 Å². The Morgan fingerprint density at radius 2 is 2.10 bits per heavy atom. The second-order valence-electron chi connectivity index (χ2n) is 5.28. The van der Waals surface area contributed by atoms with E-state index in [0.29, 0.717) is 6.61 Å². The number of nitrogens with zero attached hydrogens (tertiary/aromatic N) is 1. The number of carbonyl (C=O) groups is 1. The lowest BCUT2D eigenvalue weighted by atomic mass is 9.98. The van der Waals surface area contributed by atoms with Gasteiger partial charge in [0.2, 0.25) is 0 Å². The molecule has 3 nitrogen and oxygen atoms in total. The average Bonchev–Trinajstić information content (AvgIpc) is 2.47. The molecule has 1 aliphatic heterocycles. The highest BCUT2D eigenvalue weighted by molar-refractivity contribution is 5.78.